The van der Waals surface area contributed by atoms with Crippen molar-refractivity contribution in [1.29, 1.82) is 5.26 Å². The first-order valence-corrected chi connectivity index (χ1v) is 9.35. The summed E-state index contributed by atoms with van der Waals surface area (Å²) in [5.41, 5.74) is 9.34. The molecule has 2 aromatic rings. The zero-order chi connectivity index (χ0) is 18.8. The monoisotopic (exact) mass is 373 g/mol. The molecular formula is C20H21F2N3S. The van der Waals surface area contributed by atoms with Crippen molar-refractivity contribution in [2.75, 3.05) is 19.3 Å². The van der Waals surface area contributed by atoms with Gasteiger partial charge in [0, 0.05) is 29.4 Å². The van der Waals surface area contributed by atoms with Crippen LogP contribution in [0.3, 0.4) is 0 Å². The Morgan fingerprint density at radius 3 is 2.85 bits per heavy atom. The van der Waals surface area contributed by atoms with Gasteiger partial charge in [-0.1, -0.05) is 23.8 Å². The molecule has 1 unspecified atom stereocenters. The summed E-state index contributed by atoms with van der Waals surface area (Å²) in [6.07, 6.45) is 3.83. The number of rotatable bonds is 4. The van der Waals surface area contributed by atoms with Gasteiger partial charge < -0.3 is 10.6 Å². The normalized spacial score (nSPS) is 18.2. The lowest BCUT2D eigenvalue weighted by molar-refractivity contribution is 0.304. The highest BCUT2D eigenvalue weighted by atomic mass is 32.1. The summed E-state index contributed by atoms with van der Waals surface area (Å²) in [6, 6.07) is 6.48. The number of nitrogens with two attached hydrogens (primary N) is 1. The molecule has 0 bridgehead atoms. The fourth-order valence-corrected chi connectivity index (χ4v) is 4.85. The van der Waals surface area contributed by atoms with E-state index in [0.717, 1.165) is 29.3 Å². The molecule has 1 aromatic carbocycles. The third-order valence-corrected chi connectivity index (χ3v) is 6.12. The fourth-order valence-electron chi connectivity index (χ4n) is 3.65. The molecule has 0 saturated carbocycles. The van der Waals surface area contributed by atoms with Crippen molar-refractivity contribution in [2.24, 2.45) is 0 Å². The molecule has 26 heavy (non-hydrogen) atoms. The summed E-state index contributed by atoms with van der Waals surface area (Å²) in [7, 11) is 1.90. The van der Waals surface area contributed by atoms with Crippen molar-refractivity contribution in [2.45, 2.75) is 32.2 Å². The summed E-state index contributed by atoms with van der Waals surface area (Å²) in [6.45, 7) is 2.99. The van der Waals surface area contributed by atoms with Crippen molar-refractivity contribution in [1.82, 2.24) is 4.90 Å². The van der Waals surface area contributed by atoms with Crippen LogP contribution in [0.2, 0.25) is 0 Å². The predicted octanol–water partition coefficient (Wildman–Crippen LogP) is 4.59. The third kappa shape index (κ3) is 3.37. The van der Waals surface area contributed by atoms with Crippen LogP contribution in [0.25, 0.3) is 0 Å². The number of fused-ring (bicyclic) bond motifs is 1. The molecular weight excluding hydrogens is 352 g/mol. The summed E-state index contributed by atoms with van der Waals surface area (Å²) in [4.78, 5) is 3.12. The molecule has 1 aromatic heterocycles. The second-order valence-corrected chi connectivity index (χ2v) is 7.71. The number of benzene rings is 1. The number of nitriles is 1. The van der Waals surface area contributed by atoms with Gasteiger partial charge in [0.05, 0.1) is 5.56 Å². The zero-order valence-corrected chi connectivity index (χ0v) is 15.7. The quantitative estimate of drug-likeness (QED) is 0.798. The molecule has 1 heterocycles. The van der Waals surface area contributed by atoms with Crippen LogP contribution in [0.15, 0.2) is 29.8 Å². The van der Waals surface area contributed by atoms with Gasteiger partial charge in [0.1, 0.15) is 11.1 Å². The van der Waals surface area contributed by atoms with Crippen LogP contribution in [0.1, 0.15) is 40.8 Å². The highest BCUT2D eigenvalue weighted by Crippen LogP contribution is 2.44. The van der Waals surface area contributed by atoms with E-state index in [-0.39, 0.29) is 5.92 Å². The van der Waals surface area contributed by atoms with Gasteiger partial charge in [0.25, 0.3) is 0 Å². The van der Waals surface area contributed by atoms with Gasteiger partial charge in [-0.25, -0.2) is 8.78 Å². The molecule has 136 valence electrons. The van der Waals surface area contributed by atoms with E-state index in [4.69, 9.17) is 5.73 Å². The van der Waals surface area contributed by atoms with E-state index in [0.29, 0.717) is 29.2 Å². The van der Waals surface area contributed by atoms with Gasteiger partial charge in [-0.05, 0) is 38.4 Å². The number of hydrogen-bond donors (Lipinski definition) is 1. The Labute approximate surface area is 156 Å². The van der Waals surface area contributed by atoms with Gasteiger partial charge >= 0.3 is 0 Å². The van der Waals surface area contributed by atoms with Crippen LogP contribution >= 0.6 is 11.3 Å². The number of thiophene rings is 1. The topological polar surface area (TPSA) is 53.1 Å². The smallest absolute Gasteiger partial charge is 0.163 e. The minimum atomic E-state index is -0.824. The standard InChI is InChI=1S/C20H21F2N3S/c1-3-12-7-8-14-15(9-23)20(24)26-19(14)16(12)11-25(2)10-13-5-4-6-17(21)18(13)22/h3-6,16H,7-8,10-11,24H2,1-2H3/b12-3-. The van der Waals surface area contributed by atoms with Gasteiger partial charge in [0.15, 0.2) is 11.6 Å². The van der Waals surface area contributed by atoms with Crippen LogP contribution in [0.5, 0.6) is 0 Å². The number of likely N-dealkylation sites (N-methyl/N-ethyl adjacent to an activating group) is 1. The maximum atomic E-state index is 14.0. The Balaban J connectivity index is 1.86. The number of allylic oxidation sites excluding steroid dienone is 1. The maximum Gasteiger partial charge on any atom is 0.163 e. The maximum absolute atomic E-state index is 14.0. The van der Waals surface area contributed by atoms with Gasteiger partial charge in [0.2, 0.25) is 0 Å². The summed E-state index contributed by atoms with van der Waals surface area (Å²) in [5.74, 6) is -1.49. The Bertz CT molecular complexity index is 895. The molecule has 0 radical (unpaired) electrons. The average molecular weight is 373 g/mol. The van der Waals surface area contributed by atoms with E-state index in [9.17, 15) is 14.0 Å². The molecule has 0 fully saturated rings. The van der Waals surface area contributed by atoms with E-state index in [2.05, 4.69) is 12.1 Å². The van der Waals surface area contributed by atoms with E-state index in [1.807, 2.05) is 18.9 Å². The summed E-state index contributed by atoms with van der Waals surface area (Å²) in [5, 5.41) is 9.95. The molecule has 3 nitrogen and oxygen atoms in total. The molecule has 3 rings (SSSR count). The highest BCUT2D eigenvalue weighted by Gasteiger charge is 2.30. The van der Waals surface area contributed by atoms with Crippen molar-refractivity contribution >= 4 is 16.3 Å². The Hall–Kier alpha value is -2.23. The van der Waals surface area contributed by atoms with Crippen LogP contribution in [-0.4, -0.2) is 18.5 Å². The van der Waals surface area contributed by atoms with E-state index >= 15 is 0 Å². The van der Waals surface area contributed by atoms with Gasteiger partial charge in [-0.2, -0.15) is 5.26 Å². The number of hydrogen-bond acceptors (Lipinski definition) is 4. The first kappa shape index (κ1) is 18.6. The zero-order valence-electron chi connectivity index (χ0n) is 14.9. The predicted molar refractivity (Wildman–Crippen MR) is 101 cm³/mol. The molecule has 0 spiro atoms. The molecule has 1 atom stereocenters. The number of nitrogen functional groups attached to an aromatic ring is 1. The molecule has 1 aliphatic carbocycles. The molecule has 2 N–H and O–H groups in total. The summed E-state index contributed by atoms with van der Waals surface area (Å²) >= 11 is 1.48. The Morgan fingerprint density at radius 1 is 1.38 bits per heavy atom. The fraction of sp³-hybridized carbons (Fsp3) is 0.350. The lowest BCUT2D eigenvalue weighted by Gasteiger charge is -2.30. The molecule has 0 amide bonds. The average Bonchev–Trinajstić information content (AvgIpc) is 2.95. The van der Waals surface area contributed by atoms with Crippen LogP contribution in [-0.2, 0) is 13.0 Å². The van der Waals surface area contributed by atoms with Crippen molar-refractivity contribution in [3.8, 4) is 6.07 Å². The summed E-state index contributed by atoms with van der Waals surface area (Å²) < 4.78 is 27.4. The highest BCUT2D eigenvalue weighted by molar-refractivity contribution is 7.16. The Morgan fingerprint density at radius 2 is 2.15 bits per heavy atom. The van der Waals surface area contributed by atoms with E-state index < -0.39 is 11.6 Å². The SMILES string of the molecule is C/C=C1/CCc2c(sc(N)c2C#N)C1CN(C)Cc1cccc(F)c1F. The van der Waals surface area contributed by atoms with E-state index in [1.165, 1.54) is 23.0 Å². The minimum Gasteiger partial charge on any atom is -0.389 e. The number of nitrogens with zero attached hydrogens (tertiary/aromatic N) is 2. The minimum absolute atomic E-state index is 0.125. The first-order chi connectivity index (χ1) is 12.5. The largest absolute Gasteiger partial charge is 0.389 e. The van der Waals surface area contributed by atoms with Gasteiger partial charge in [-0.15, -0.1) is 11.3 Å². The molecule has 6 heteroatoms. The van der Waals surface area contributed by atoms with Crippen LogP contribution < -0.4 is 5.73 Å². The molecule has 0 aliphatic heterocycles. The Kier molecular flexibility index (Phi) is 5.40. The van der Waals surface area contributed by atoms with Crippen LogP contribution in [0, 0.1) is 23.0 Å². The lowest BCUT2D eigenvalue weighted by atomic mass is 9.82. The number of anilines is 1. The number of halogens is 2. The molecule has 1 aliphatic rings. The van der Waals surface area contributed by atoms with Crippen molar-refractivity contribution < 1.29 is 8.78 Å². The van der Waals surface area contributed by atoms with Crippen molar-refractivity contribution in [3.63, 3.8) is 0 Å². The first-order valence-electron chi connectivity index (χ1n) is 8.53. The second kappa shape index (κ2) is 7.56. The van der Waals surface area contributed by atoms with Crippen LogP contribution in [0.4, 0.5) is 13.8 Å². The molecule has 0 saturated heterocycles. The van der Waals surface area contributed by atoms with Crippen molar-refractivity contribution in [3.05, 3.63) is 63.1 Å². The van der Waals surface area contributed by atoms with E-state index in [1.54, 1.807) is 6.07 Å². The second-order valence-electron chi connectivity index (χ2n) is 6.62. The van der Waals surface area contributed by atoms with Gasteiger partial charge in [-0.3, -0.25) is 0 Å². The third-order valence-electron chi connectivity index (χ3n) is 4.94. The lowest BCUT2D eigenvalue weighted by Crippen LogP contribution is -2.27.